The molecule has 1 fully saturated rings. The predicted octanol–water partition coefficient (Wildman–Crippen LogP) is 4.18. The van der Waals surface area contributed by atoms with Gasteiger partial charge in [0, 0.05) is 6.42 Å². The van der Waals surface area contributed by atoms with Crippen molar-refractivity contribution in [3.63, 3.8) is 0 Å². The van der Waals surface area contributed by atoms with Gasteiger partial charge in [0.1, 0.15) is 11.6 Å². The van der Waals surface area contributed by atoms with Gasteiger partial charge in [-0.15, -0.1) is 6.58 Å². The molecular formula is C19H37NO5. The molecule has 0 radical (unpaired) electrons. The van der Waals surface area contributed by atoms with E-state index in [0.717, 1.165) is 6.42 Å². The molecule has 1 heterocycles. The second-order valence-electron chi connectivity index (χ2n) is 5.98. The molecule has 0 N–H and O–H groups in total. The number of ether oxygens (including phenoxy) is 3. The van der Waals surface area contributed by atoms with Gasteiger partial charge in [-0.1, -0.05) is 33.8 Å². The van der Waals surface area contributed by atoms with Crippen LogP contribution in [0.25, 0.3) is 0 Å². The molecule has 0 aromatic heterocycles. The van der Waals surface area contributed by atoms with E-state index in [0.29, 0.717) is 19.6 Å². The molecule has 0 aromatic carbocycles. The number of esters is 1. The van der Waals surface area contributed by atoms with Gasteiger partial charge >= 0.3 is 12.1 Å². The maximum atomic E-state index is 12.2. The van der Waals surface area contributed by atoms with Crippen LogP contribution in [0.1, 0.15) is 61.3 Å². The zero-order chi connectivity index (χ0) is 20.0. The van der Waals surface area contributed by atoms with Crippen molar-refractivity contribution in [1.29, 1.82) is 0 Å². The average Bonchev–Trinajstić information content (AvgIpc) is 3.01. The number of nitrogens with zero attached hydrogens (tertiary/aromatic N) is 1. The summed E-state index contributed by atoms with van der Waals surface area (Å²) >= 11 is 0. The van der Waals surface area contributed by atoms with Gasteiger partial charge < -0.3 is 14.2 Å². The summed E-state index contributed by atoms with van der Waals surface area (Å²) < 4.78 is 15.7. The van der Waals surface area contributed by atoms with E-state index in [-0.39, 0.29) is 6.10 Å². The van der Waals surface area contributed by atoms with Gasteiger partial charge in [0.2, 0.25) is 0 Å². The SMILES string of the molecule is C=CCCOC1CC(C(=O)OC)N(C(=O)OC(C)(C)C)C1.CC.CC. The van der Waals surface area contributed by atoms with E-state index in [2.05, 4.69) is 6.58 Å². The molecule has 6 nitrogen and oxygen atoms in total. The third-order valence-electron chi connectivity index (χ3n) is 3.04. The normalized spacial score (nSPS) is 19.0. The van der Waals surface area contributed by atoms with Crippen LogP contribution in [0.15, 0.2) is 12.7 Å². The van der Waals surface area contributed by atoms with E-state index in [1.807, 2.05) is 27.7 Å². The number of carbonyl (C=O) groups excluding carboxylic acids is 2. The molecule has 148 valence electrons. The van der Waals surface area contributed by atoms with Crippen molar-refractivity contribution in [1.82, 2.24) is 4.90 Å². The lowest BCUT2D eigenvalue weighted by Gasteiger charge is -2.27. The first-order valence-electron chi connectivity index (χ1n) is 9.08. The Bertz CT molecular complexity index is 390. The maximum Gasteiger partial charge on any atom is 0.411 e. The molecule has 1 amide bonds. The summed E-state index contributed by atoms with van der Waals surface area (Å²) in [5.74, 6) is -0.448. The van der Waals surface area contributed by atoms with Crippen molar-refractivity contribution >= 4 is 12.1 Å². The molecule has 1 aliphatic heterocycles. The van der Waals surface area contributed by atoms with E-state index in [1.54, 1.807) is 26.8 Å². The molecule has 0 aliphatic carbocycles. The number of amides is 1. The lowest BCUT2D eigenvalue weighted by Crippen LogP contribution is -2.44. The Kier molecular flexibility index (Phi) is 14.1. The zero-order valence-electron chi connectivity index (χ0n) is 17.3. The lowest BCUT2D eigenvalue weighted by molar-refractivity contribution is -0.145. The minimum atomic E-state index is -0.654. The molecule has 1 saturated heterocycles. The summed E-state index contributed by atoms with van der Waals surface area (Å²) in [5.41, 5.74) is -0.612. The highest BCUT2D eigenvalue weighted by molar-refractivity contribution is 5.82. The number of rotatable bonds is 5. The van der Waals surface area contributed by atoms with Gasteiger partial charge in [-0.05, 0) is 27.2 Å². The van der Waals surface area contributed by atoms with Crippen LogP contribution in [0.2, 0.25) is 0 Å². The summed E-state index contributed by atoms with van der Waals surface area (Å²) in [6.45, 7) is 17.8. The molecule has 0 saturated carbocycles. The van der Waals surface area contributed by atoms with E-state index in [1.165, 1.54) is 12.0 Å². The van der Waals surface area contributed by atoms with Gasteiger partial charge in [0.25, 0.3) is 0 Å². The molecule has 0 spiro atoms. The second-order valence-corrected chi connectivity index (χ2v) is 5.98. The fourth-order valence-electron chi connectivity index (χ4n) is 2.12. The number of carbonyl (C=O) groups is 2. The molecule has 2 atom stereocenters. The highest BCUT2D eigenvalue weighted by Crippen LogP contribution is 2.24. The highest BCUT2D eigenvalue weighted by atomic mass is 16.6. The Balaban J connectivity index is 0. The molecule has 0 bridgehead atoms. The topological polar surface area (TPSA) is 65.1 Å². The van der Waals surface area contributed by atoms with Crippen molar-refractivity contribution in [2.24, 2.45) is 0 Å². The minimum Gasteiger partial charge on any atom is -0.467 e. The van der Waals surface area contributed by atoms with Crippen LogP contribution in [0.3, 0.4) is 0 Å². The largest absolute Gasteiger partial charge is 0.467 e. The van der Waals surface area contributed by atoms with Crippen molar-refractivity contribution in [3.05, 3.63) is 12.7 Å². The highest BCUT2D eigenvalue weighted by Gasteiger charge is 2.42. The van der Waals surface area contributed by atoms with Gasteiger partial charge in [0.15, 0.2) is 0 Å². The Morgan fingerprint density at radius 2 is 1.76 bits per heavy atom. The van der Waals surface area contributed by atoms with E-state index < -0.39 is 23.7 Å². The summed E-state index contributed by atoms with van der Waals surface area (Å²) in [6, 6.07) is -0.654. The third-order valence-corrected chi connectivity index (χ3v) is 3.04. The molecule has 2 unspecified atom stereocenters. The molecular weight excluding hydrogens is 322 g/mol. The van der Waals surface area contributed by atoms with Gasteiger partial charge in [-0.25, -0.2) is 9.59 Å². The van der Waals surface area contributed by atoms with Gasteiger partial charge in [0.05, 0.1) is 26.4 Å². The predicted molar refractivity (Wildman–Crippen MR) is 101 cm³/mol. The summed E-state index contributed by atoms with van der Waals surface area (Å²) in [6.07, 6.45) is 2.20. The first-order chi connectivity index (χ1) is 11.8. The van der Waals surface area contributed by atoms with E-state index in [4.69, 9.17) is 14.2 Å². The molecule has 1 rings (SSSR count). The Morgan fingerprint density at radius 1 is 1.20 bits per heavy atom. The smallest absolute Gasteiger partial charge is 0.411 e. The quantitative estimate of drug-likeness (QED) is 0.418. The summed E-state index contributed by atoms with van der Waals surface area (Å²) in [5, 5.41) is 0. The van der Waals surface area contributed by atoms with Crippen LogP contribution in [0.5, 0.6) is 0 Å². The molecule has 6 heteroatoms. The zero-order valence-corrected chi connectivity index (χ0v) is 17.3. The first kappa shape index (κ1) is 25.7. The van der Waals surface area contributed by atoms with E-state index >= 15 is 0 Å². The van der Waals surface area contributed by atoms with Crippen LogP contribution in [0.4, 0.5) is 4.79 Å². The Hall–Kier alpha value is -1.56. The molecule has 25 heavy (non-hydrogen) atoms. The van der Waals surface area contributed by atoms with Gasteiger partial charge in [-0.3, -0.25) is 4.90 Å². The van der Waals surface area contributed by atoms with Crippen molar-refractivity contribution in [2.45, 2.75) is 79.1 Å². The fraction of sp³-hybridized carbons (Fsp3) is 0.789. The number of methoxy groups -OCH3 is 1. The number of hydrogen-bond acceptors (Lipinski definition) is 5. The fourth-order valence-corrected chi connectivity index (χ4v) is 2.12. The minimum absolute atomic E-state index is 0.193. The Labute approximate surface area is 153 Å². The second kappa shape index (κ2) is 13.7. The summed E-state index contributed by atoms with van der Waals surface area (Å²) in [4.78, 5) is 25.4. The Morgan fingerprint density at radius 3 is 2.20 bits per heavy atom. The first-order valence-corrected chi connectivity index (χ1v) is 9.08. The van der Waals surface area contributed by atoms with Crippen LogP contribution < -0.4 is 0 Å². The summed E-state index contributed by atoms with van der Waals surface area (Å²) in [7, 11) is 1.31. The van der Waals surface area contributed by atoms with Crippen molar-refractivity contribution in [3.8, 4) is 0 Å². The monoisotopic (exact) mass is 359 g/mol. The molecule has 1 aliphatic rings. The van der Waals surface area contributed by atoms with Crippen LogP contribution in [-0.4, -0.2) is 55.0 Å². The molecule has 0 aromatic rings. The van der Waals surface area contributed by atoms with Gasteiger partial charge in [-0.2, -0.15) is 0 Å². The van der Waals surface area contributed by atoms with Crippen LogP contribution >= 0.6 is 0 Å². The standard InChI is InChI=1S/C15H25NO5.2C2H6/c1-6-7-8-20-11-9-12(13(17)19-5)16(10-11)14(18)21-15(2,3)4;2*1-2/h6,11-12H,1,7-10H2,2-5H3;2*1-2H3. The van der Waals surface area contributed by atoms with Crippen LogP contribution in [0, 0.1) is 0 Å². The third kappa shape index (κ3) is 10.1. The maximum absolute atomic E-state index is 12.2. The van der Waals surface area contributed by atoms with Crippen LogP contribution in [-0.2, 0) is 19.0 Å². The van der Waals surface area contributed by atoms with Crippen molar-refractivity contribution < 1.29 is 23.8 Å². The average molecular weight is 360 g/mol. The lowest BCUT2D eigenvalue weighted by atomic mass is 10.2. The van der Waals surface area contributed by atoms with Crippen molar-refractivity contribution in [2.75, 3.05) is 20.3 Å². The van der Waals surface area contributed by atoms with E-state index in [9.17, 15) is 9.59 Å². The number of likely N-dealkylation sites (tertiary alicyclic amines) is 1. The number of hydrogen-bond donors (Lipinski definition) is 0.